The summed E-state index contributed by atoms with van der Waals surface area (Å²) in [6.45, 7) is 1.64. The Morgan fingerprint density at radius 1 is 0.727 bits per heavy atom. The van der Waals surface area contributed by atoms with Gasteiger partial charge in [-0.1, -0.05) is 36.4 Å². The van der Waals surface area contributed by atoms with Crippen LogP contribution in [0.5, 0.6) is 0 Å². The van der Waals surface area contributed by atoms with Crippen molar-refractivity contribution < 1.29 is 4.79 Å². The predicted octanol–water partition coefficient (Wildman–Crippen LogP) is 5.00. The number of amides is 1. The fraction of sp³-hybridized carbons (Fsp3) is 0.0500. The van der Waals surface area contributed by atoms with Crippen LogP contribution in [-0.2, 0) is 4.79 Å². The average molecular weight is 287 g/mol. The summed E-state index contributed by atoms with van der Waals surface area (Å²) in [6.07, 6.45) is 0. The summed E-state index contributed by atoms with van der Waals surface area (Å²) in [5.74, 6) is 0.0450. The Morgan fingerprint density at radius 2 is 1.14 bits per heavy atom. The first-order valence-corrected chi connectivity index (χ1v) is 7.24. The molecule has 0 fully saturated rings. The van der Waals surface area contributed by atoms with Gasteiger partial charge in [0, 0.05) is 36.4 Å². The van der Waals surface area contributed by atoms with Crippen molar-refractivity contribution in [1.29, 1.82) is 0 Å². The highest BCUT2D eigenvalue weighted by Crippen LogP contribution is 2.43. The molecule has 1 radical (unpaired) electrons. The first kappa shape index (κ1) is 14.2. The zero-order valence-corrected chi connectivity index (χ0v) is 12.4. The van der Waals surface area contributed by atoms with Crippen molar-refractivity contribution in [2.24, 2.45) is 0 Å². The van der Waals surface area contributed by atoms with Crippen molar-refractivity contribution in [3.05, 3.63) is 91.0 Å². The standard InChI is InChI=1S/C20H17NO/c1-17(22)21(18-11-5-2-6-12-18,19-13-7-3-8-14-19)20-15-9-4-10-16-20/h2-3,5-16H,1H3/q+1. The molecule has 0 aliphatic heterocycles. The maximum atomic E-state index is 12.8. The zero-order valence-electron chi connectivity index (χ0n) is 12.4. The van der Waals surface area contributed by atoms with Crippen LogP contribution in [0.25, 0.3) is 0 Å². The van der Waals surface area contributed by atoms with E-state index in [2.05, 4.69) is 6.07 Å². The van der Waals surface area contributed by atoms with Gasteiger partial charge in [-0.2, -0.15) is 4.48 Å². The quantitative estimate of drug-likeness (QED) is 0.619. The molecule has 22 heavy (non-hydrogen) atoms. The summed E-state index contributed by atoms with van der Waals surface area (Å²) in [4.78, 5) is 12.8. The van der Waals surface area contributed by atoms with Crippen LogP contribution in [0.2, 0.25) is 0 Å². The average Bonchev–Trinajstić information content (AvgIpc) is 2.58. The number of hydrogen-bond donors (Lipinski definition) is 0. The van der Waals surface area contributed by atoms with Gasteiger partial charge in [-0.15, -0.1) is 0 Å². The maximum absolute atomic E-state index is 12.8. The fourth-order valence-corrected chi connectivity index (χ4v) is 2.90. The SMILES string of the molecule is CC(=O)[N+](c1cc[c]cc1)(c1ccccc1)c1ccccc1. The van der Waals surface area contributed by atoms with Crippen LogP contribution in [0, 0.1) is 6.07 Å². The first-order valence-electron chi connectivity index (χ1n) is 7.24. The minimum Gasteiger partial charge on any atom is -0.230 e. The minimum atomic E-state index is 0.0450. The number of rotatable bonds is 3. The van der Waals surface area contributed by atoms with E-state index in [9.17, 15) is 4.79 Å². The molecule has 0 aromatic heterocycles. The molecule has 0 saturated heterocycles. The van der Waals surface area contributed by atoms with Crippen molar-refractivity contribution in [1.82, 2.24) is 4.48 Å². The number of benzene rings is 3. The molecular weight excluding hydrogens is 270 g/mol. The molecule has 3 aromatic carbocycles. The molecule has 0 bridgehead atoms. The number of para-hydroxylation sites is 2. The summed E-state index contributed by atoms with van der Waals surface area (Å²) in [5, 5.41) is 0. The predicted molar refractivity (Wildman–Crippen MR) is 90.0 cm³/mol. The second kappa shape index (κ2) is 5.96. The number of quaternary nitrogens is 1. The Labute approximate surface area is 130 Å². The van der Waals surface area contributed by atoms with E-state index in [-0.39, 0.29) is 10.4 Å². The van der Waals surface area contributed by atoms with Gasteiger partial charge in [-0.05, 0) is 18.2 Å². The zero-order chi connectivity index (χ0) is 15.4. The molecule has 0 aliphatic carbocycles. The summed E-state index contributed by atoms with van der Waals surface area (Å²) < 4.78 is 0.0658. The molecule has 107 valence electrons. The number of carbonyl (C=O) groups is 1. The van der Waals surface area contributed by atoms with Gasteiger partial charge in [0.05, 0.1) is 6.92 Å². The van der Waals surface area contributed by atoms with E-state index in [1.807, 2.05) is 84.9 Å². The first-order chi connectivity index (χ1) is 10.8. The Bertz CT molecular complexity index is 655. The number of nitrogens with zero attached hydrogens (tertiary/aromatic N) is 1. The van der Waals surface area contributed by atoms with E-state index >= 15 is 0 Å². The molecule has 0 atom stereocenters. The topological polar surface area (TPSA) is 17.1 Å². The molecule has 0 N–H and O–H groups in total. The molecule has 2 heteroatoms. The van der Waals surface area contributed by atoms with Crippen molar-refractivity contribution in [3.8, 4) is 0 Å². The monoisotopic (exact) mass is 287 g/mol. The summed E-state index contributed by atoms with van der Waals surface area (Å²) >= 11 is 0. The van der Waals surface area contributed by atoms with Gasteiger partial charge in [0.25, 0.3) is 0 Å². The van der Waals surface area contributed by atoms with Gasteiger partial charge >= 0.3 is 5.91 Å². The Kier molecular flexibility index (Phi) is 3.86. The van der Waals surface area contributed by atoms with Gasteiger partial charge < -0.3 is 0 Å². The van der Waals surface area contributed by atoms with Crippen molar-refractivity contribution in [3.63, 3.8) is 0 Å². The molecule has 0 heterocycles. The van der Waals surface area contributed by atoms with Crippen LogP contribution < -0.4 is 4.48 Å². The Morgan fingerprint density at radius 3 is 1.55 bits per heavy atom. The van der Waals surface area contributed by atoms with E-state index in [4.69, 9.17) is 0 Å². The number of hydrogen-bond acceptors (Lipinski definition) is 1. The highest BCUT2D eigenvalue weighted by Gasteiger charge is 2.41. The van der Waals surface area contributed by atoms with E-state index in [1.165, 1.54) is 0 Å². The van der Waals surface area contributed by atoms with Gasteiger partial charge in [0.2, 0.25) is 0 Å². The molecule has 2 nitrogen and oxygen atoms in total. The van der Waals surface area contributed by atoms with Gasteiger partial charge in [-0.25, -0.2) is 4.79 Å². The van der Waals surface area contributed by atoms with Crippen LogP contribution in [-0.4, -0.2) is 5.91 Å². The third kappa shape index (κ3) is 2.24. The smallest absolute Gasteiger partial charge is 0.230 e. The van der Waals surface area contributed by atoms with Gasteiger partial charge in [-0.3, -0.25) is 0 Å². The van der Waals surface area contributed by atoms with E-state index in [0.717, 1.165) is 17.1 Å². The normalized spacial score (nSPS) is 11.1. The van der Waals surface area contributed by atoms with Crippen molar-refractivity contribution in [2.45, 2.75) is 6.92 Å². The lowest BCUT2D eigenvalue weighted by atomic mass is 10.1. The lowest BCUT2D eigenvalue weighted by Crippen LogP contribution is -2.43. The Balaban J connectivity index is 2.37. The molecular formula is C20H17NO+. The van der Waals surface area contributed by atoms with Crippen molar-refractivity contribution in [2.75, 3.05) is 0 Å². The van der Waals surface area contributed by atoms with Gasteiger partial charge in [0.15, 0.2) is 17.1 Å². The highest BCUT2D eigenvalue weighted by molar-refractivity contribution is 6.00. The second-order valence-electron chi connectivity index (χ2n) is 5.12. The molecule has 0 spiro atoms. The highest BCUT2D eigenvalue weighted by atomic mass is 16.2. The van der Waals surface area contributed by atoms with Crippen LogP contribution in [0.1, 0.15) is 6.92 Å². The van der Waals surface area contributed by atoms with Gasteiger partial charge in [0.1, 0.15) is 0 Å². The molecule has 0 aliphatic rings. The van der Waals surface area contributed by atoms with E-state index in [1.54, 1.807) is 6.92 Å². The molecule has 1 amide bonds. The van der Waals surface area contributed by atoms with Crippen LogP contribution >= 0.6 is 0 Å². The summed E-state index contributed by atoms with van der Waals surface area (Å²) in [6, 6.07) is 30.3. The van der Waals surface area contributed by atoms with E-state index < -0.39 is 0 Å². The minimum absolute atomic E-state index is 0.0450. The lowest BCUT2D eigenvalue weighted by Gasteiger charge is -2.33. The fourth-order valence-electron chi connectivity index (χ4n) is 2.90. The third-order valence-corrected chi connectivity index (χ3v) is 3.85. The molecule has 0 unspecified atom stereocenters. The lowest BCUT2D eigenvalue weighted by molar-refractivity contribution is -0.123. The molecule has 0 saturated carbocycles. The third-order valence-electron chi connectivity index (χ3n) is 3.85. The van der Waals surface area contributed by atoms with Crippen LogP contribution in [0.15, 0.2) is 84.9 Å². The summed E-state index contributed by atoms with van der Waals surface area (Å²) in [5.41, 5.74) is 2.75. The van der Waals surface area contributed by atoms with Crippen LogP contribution in [0.3, 0.4) is 0 Å². The van der Waals surface area contributed by atoms with Crippen LogP contribution in [0.4, 0.5) is 17.1 Å². The molecule has 3 aromatic rings. The molecule has 3 rings (SSSR count). The maximum Gasteiger partial charge on any atom is 0.325 e. The van der Waals surface area contributed by atoms with E-state index in [0.29, 0.717) is 0 Å². The second-order valence-corrected chi connectivity index (χ2v) is 5.12. The largest absolute Gasteiger partial charge is 0.325 e. The Hall–Kier alpha value is -2.71. The summed E-state index contributed by atoms with van der Waals surface area (Å²) in [7, 11) is 0. The number of carbonyl (C=O) groups excluding carboxylic acids is 1. The van der Waals surface area contributed by atoms with Crippen molar-refractivity contribution >= 4 is 23.0 Å².